The molecule has 3 rings (SSSR count). The third-order valence-electron chi connectivity index (χ3n) is 4.52. The highest BCUT2D eigenvalue weighted by Crippen LogP contribution is 2.30. The first-order valence-corrected chi connectivity index (χ1v) is 9.52. The van der Waals surface area contributed by atoms with Gasteiger partial charge in [0.2, 0.25) is 5.95 Å². The molecule has 0 atom stereocenters. The van der Waals surface area contributed by atoms with Gasteiger partial charge in [-0.2, -0.15) is 4.98 Å². The highest BCUT2D eigenvalue weighted by Gasteiger charge is 2.17. The van der Waals surface area contributed by atoms with Crippen LogP contribution in [0.15, 0.2) is 60.8 Å². The van der Waals surface area contributed by atoms with Crippen molar-refractivity contribution < 1.29 is 4.74 Å². The summed E-state index contributed by atoms with van der Waals surface area (Å²) in [5.41, 5.74) is 3.55. The third-order valence-corrected chi connectivity index (χ3v) is 4.52. The molecule has 0 aliphatic rings. The Labute approximate surface area is 167 Å². The van der Waals surface area contributed by atoms with Crippen LogP contribution in [0.3, 0.4) is 0 Å². The van der Waals surface area contributed by atoms with Crippen molar-refractivity contribution in [3.8, 4) is 5.75 Å². The molecule has 28 heavy (non-hydrogen) atoms. The zero-order chi connectivity index (χ0) is 20.0. The molecule has 2 aromatic carbocycles. The molecule has 3 aromatic rings. The SMILES string of the molecule is COc1ccc(CCNc2ccnc(Nc3ccccc3C(C)(C)C)n2)cc1. The Kier molecular flexibility index (Phi) is 6.14. The van der Waals surface area contributed by atoms with Crippen molar-refractivity contribution in [3.05, 3.63) is 71.9 Å². The van der Waals surface area contributed by atoms with Gasteiger partial charge in [0.1, 0.15) is 11.6 Å². The fraction of sp³-hybridized carbons (Fsp3) is 0.304. The molecule has 5 nitrogen and oxygen atoms in total. The van der Waals surface area contributed by atoms with E-state index in [1.807, 2.05) is 24.3 Å². The third kappa shape index (κ3) is 5.22. The van der Waals surface area contributed by atoms with E-state index in [4.69, 9.17) is 4.74 Å². The Balaban J connectivity index is 1.63. The molecule has 0 saturated heterocycles. The lowest BCUT2D eigenvalue weighted by atomic mass is 9.86. The van der Waals surface area contributed by atoms with Crippen molar-refractivity contribution in [1.29, 1.82) is 0 Å². The lowest BCUT2D eigenvalue weighted by Crippen LogP contribution is -2.14. The second-order valence-electron chi connectivity index (χ2n) is 7.71. The summed E-state index contributed by atoms with van der Waals surface area (Å²) in [6.45, 7) is 7.39. The Morgan fingerprint density at radius 2 is 1.71 bits per heavy atom. The molecule has 0 fully saturated rings. The average molecular weight is 377 g/mol. The van der Waals surface area contributed by atoms with Gasteiger partial charge in [0.15, 0.2) is 0 Å². The zero-order valence-electron chi connectivity index (χ0n) is 17.0. The van der Waals surface area contributed by atoms with Gasteiger partial charge in [0, 0.05) is 18.4 Å². The monoisotopic (exact) mass is 376 g/mol. The van der Waals surface area contributed by atoms with Gasteiger partial charge in [0.05, 0.1) is 7.11 Å². The Morgan fingerprint density at radius 1 is 0.964 bits per heavy atom. The summed E-state index contributed by atoms with van der Waals surface area (Å²) in [7, 11) is 1.68. The number of rotatable bonds is 7. The topological polar surface area (TPSA) is 59.1 Å². The van der Waals surface area contributed by atoms with Crippen molar-refractivity contribution in [1.82, 2.24) is 9.97 Å². The molecule has 2 N–H and O–H groups in total. The maximum Gasteiger partial charge on any atom is 0.229 e. The van der Waals surface area contributed by atoms with Crippen LogP contribution in [0.4, 0.5) is 17.5 Å². The van der Waals surface area contributed by atoms with Crippen LogP contribution in [0.25, 0.3) is 0 Å². The van der Waals surface area contributed by atoms with E-state index < -0.39 is 0 Å². The van der Waals surface area contributed by atoms with Gasteiger partial charge < -0.3 is 15.4 Å². The number of nitrogens with one attached hydrogen (secondary N) is 2. The van der Waals surface area contributed by atoms with Crippen LogP contribution in [-0.4, -0.2) is 23.6 Å². The number of hydrogen-bond acceptors (Lipinski definition) is 5. The summed E-state index contributed by atoms with van der Waals surface area (Å²) in [4.78, 5) is 8.96. The van der Waals surface area contributed by atoms with E-state index in [1.165, 1.54) is 11.1 Å². The zero-order valence-corrected chi connectivity index (χ0v) is 17.0. The number of ether oxygens (including phenoxy) is 1. The van der Waals surface area contributed by atoms with Gasteiger partial charge in [0.25, 0.3) is 0 Å². The van der Waals surface area contributed by atoms with Gasteiger partial charge in [-0.05, 0) is 47.2 Å². The normalized spacial score (nSPS) is 11.1. The van der Waals surface area contributed by atoms with E-state index in [-0.39, 0.29) is 5.41 Å². The molecule has 146 valence electrons. The molecule has 0 spiro atoms. The van der Waals surface area contributed by atoms with Crippen LogP contribution >= 0.6 is 0 Å². The minimum absolute atomic E-state index is 0.0395. The first-order chi connectivity index (χ1) is 13.5. The summed E-state index contributed by atoms with van der Waals surface area (Å²) in [6.07, 6.45) is 2.67. The number of hydrogen-bond donors (Lipinski definition) is 2. The largest absolute Gasteiger partial charge is 0.497 e. The van der Waals surface area contributed by atoms with Gasteiger partial charge in [-0.1, -0.05) is 51.1 Å². The number of methoxy groups -OCH3 is 1. The highest BCUT2D eigenvalue weighted by molar-refractivity contribution is 5.61. The number of para-hydroxylation sites is 1. The molecule has 0 unspecified atom stereocenters. The average Bonchev–Trinajstić information content (AvgIpc) is 2.68. The Bertz CT molecular complexity index is 901. The molecule has 0 saturated carbocycles. The minimum Gasteiger partial charge on any atom is -0.497 e. The van der Waals surface area contributed by atoms with E-state index >= 15 is 0 Å². The second kappa shape index (κ2) is 8.74. The predicted octanol–water partition coefficient (Wildman–Crippen LogP) is 5.18. The van der Waals surface area contributed by atoms with Crippen molar-refractivity contribution in [2.24, 2.45) is 0 Å². The number of nitrogens with zero attached hydrogens (tertiary/aromatic N) is 2. The molecule has 0 radical (unpaired) electrons. The summed E-state index contributed by atoms with van der Waals surface area (Å²) in [6, 6.07) is 18.3. The summed E-state index contributed by atoms with van der Waals surface area (Å²) < 4.78 is 5.19. The number of anilines is 3. The lowest BCUT2D eigenvalue weighted by Gasteiger charge is -2.23. The first kappa shape index (κ1) is 19.7. The van der Waals surface area contributed by atoms with E-state index in [2.05, 4.69) is 71.7 Å². The van der Waals surface area contributed by atoms with Gasteiger partial charge in [-0.25, -0.2) is 4.98 Å². The molecule has 0 aliphatic carbocycles. The highest BCUT2D eigenvalue weighted by atomic mass is 16.5. The molecule has 5 heteroatoms. The van der Waals surface area contributed by atoms with Crippen LogP contribution in [0.2, 0.25) is 0 Å². The fourth-order valence-corrected chi connectivity index (χ4v) is 3.01. The first-order valence-electron chi connectivity index (χ1n) is 9.52. The molecular weight excluding hydrogens is 348 g/mol. The molecule has 0 amide bonds. The lowest BCUT2D eigenvalue weighted by molar-refractivity contribution is 0.414. The van der Waals surface area contributed by atoms with Gasteiger partial charge in [-0.3, -0.25) is 0 Å². The quantitative estimate of drug-likeness (QED) is 0.595. The molecule has 0 bridgehead atoms. The Morgan fingerprint density at radius 3 is 2.43 bits per heavy atom. The smallest absolute Gasteiger partial charge is 0.229 e. The number of benzene rings is 2. The molecular formula is C23H28N4O. The summed E-state index contributed by atoms with van der Waals surface area (Å²) >= 11 is 0. The van der Waals surface area contributed by atoms with Gasteiger partial charge >= 0.3 is 0 Å². The second-order valence-corrected chi connectivity index (χ2v) is 7.71. The standard InChI is InChI=1S/C23H28N4O/c1-23(2,3)19-7-5-6-8-20(19)26-22-25-16-14-21(27-22)24-15-13-17-9-11-18(28-4)12-10-17/h5-12,14,16H,13,15H2,1-4H3,(H2,24,25,26,27). The summed E-state index contributed by atoms with van der Waals surface area (Å²) in [5.74, 6) is 2.27. The maximum atomic E-state index is 5.19. The van der Waals surface area contributed by atoms with E-state index in [9.17, 15) is 0 Å². The number of aromatic nitrogens is 2. The van der Waals surface area contributed by atoms with Crippen LogP contribution in [0.1, 0.15) is 31.9 Å². The van der Waals surface area contributed by atoms with Crippen molar-refractivity contribution in [3.63, 3.8) is 0 Å². The van der Waals surface area contributed by atoms with Crippen molar-refractivity contribution >= 4 is 17.5 Å². The van der Waals surface area contributed by atoms with E-state index in [1.54, 1.807) is 13.3 Å². The van der Waals surface area contributed by atoms with Crippen LogP contribution in [-0.2, 0) is 11.8 Å². The molecule has 1 heterocycles. The van der Waals surface area contributed by atoms with Crippen molar-refractivity contribution in [2.75, 3.05) is 24.3 Å². The van der Waals surface area contributed by atoms with E-state index in [0.717, 1.165) is 30.2 Å². The van der Waals surface area contributed by atoms with Crippen LogP contribution in [0.5, 0.6) is 5.75 Å². The maximum absolute atomic E-state index is 5.19. The minimum atomic E-state index is 0.0395. The predicted molar refractivity (Wildman–Crippen MR) is 116 cm³/mol. The summed E-state index contributed by atoms with van der Waals surface area (Å²) in [5, 5.41) is 6.73. The van der Waals surface area contributed by atoms with Crippen LogP contribution < -0.4 is 15.4 Å². The van der Waals surface area contributed by atoms with Crippen molar-refractivity contribution in [2.45, 2.75) is 32.6 Å². The van der Waals surface area contributed by atoms with Gasteiger partial charge in [-0.15, -0.1) is 0 Å². The fourth-order valence-electron chi connectivity index (χ4n) is 3.01. The molecule has 0 aliphatic heterocycles. The van der Waals surface area contributed by atoms with E-state index in [0.29, 0.717) is 5.95 Å². The van der Waals surface area contributed by atoms with Crippen LogP contribution in [0, 0.1) is 0 Å². The Hall–Kier alpha value is -3.08. The molecule has 1 aromatic heterocycles.